The molecule has 2 amide bonds. The highest BCUT2D eigenvalue weighted by Gasteiger charge is 2.33. The molecule has 0 aromatic heterocycles. The highest BCUT2D eigenvalue weighted by atomic mass is 32.1. The predicted molar refractivity (Wildman–Crippen MR) is 120 cm³/mol. The molecule has 0 aliphatic carbocycles. The van der Waals surface area contributed by atoms with Gasteiger partial charge < -0.3 is 30.3 Å². The molecular weight excluding hydrogens is 404 g/mol. The molecule has 0 unspecified atom stereocenters. The summed E-state index contributed by atoms with van der Waals surface area (Å²) in [6.45, 7) is 5.09. The van der Waals surface area contributed by atoms with Gasteiger partial charge in [-0.15, -0.1) is 0 Å². The van der Waals surface area contributed by atoms with E-state index in [1.54, 1.807) is 38.5 Å². The zero-order valence-corrected chi connectivity index (χ0v) is 18.7. The van der Waals surface area contributed by atoms with E-state index >= 15 is 0 Å². The minimum Gasteiger partial charge on any atom is -0.497 e. The highest BCUT2D eigenvalue weighted by Crippen LogP contribution is 2.22. The lowest BCUT2D eigenvalue weighted by molar-refractivity contribution is -0.124. The molecule has 1 aromatic rings. The third kappa shape index (κ3) is 6.84. The number of methoxy groups -OCH3 is 2. The number of thiocarbonyl (C=S) groups is 1. The fraction of sp³-hybridized carbons (Fsp3) is 0.571. The van der Waals surface area contributed by atoms with Crippen molar-refractivity contribution >= 4 is 29.1 Å². The van der Waals surface area contributed by atoms with Gasteiger partial charge in [-0.3, -0.25) is 9.59 Å². The first kappa shape index (κ1) is 23.9. The molecule has 3 N–H and O–H groups in total. The molecule has 9 heteroatoms. The molecule has 0 saturated carbocycles. The van der Waals surface area contributed by atoms with Gasteiger partial charge in [0.15, 0.2) is 5.11 Å². The van der Waals surface area contributed by atoms with Crippen LogP contribution in [0.5, 0.6) is 5.75 Å². The molecule has 0 bridgehead atoms. The zero-order valence-electron chi connectivity index (χ0n) is 17.9. The van der Waals surface area contributed by atoms with Gasteiger partial charge in [-0.25, -0.2) is 0 Å². The summed E-state index contributed by atoms with van der Waals surface area (Å²) in [5.74, 6) is 0.219. The maximum Gasteiger partial charge on any atom is 0.251 e. The van der Waals surface area contributed by atoms with Crippen molar-refractivity contribution in [1.29, 1.82) is 0 Å². The van der Waals surface area contributed by atoms with E-state index in [-0.39, 0.29) is 17.7 Å². The SMILES string of the molecule is CCNC(=S)N1CCC([C@H](NC(=O)c2ccc(OC)cc2)C(=O)NCCOC)CC1. The Morgan fingerprint density at radius 3 is 2.40 bits per heavy atom. The second kappa shape index (κ2) is 12.3. The summed E-state index contributed by atoms with van der Waals surface area (Å²) in [5.41, 5.74) is 0.483. The first-order valence-electron chi connectivity index (χ1n) is 10.2. The van der Waals surface area contributed by atoms with Crippen molar-refractivity contribution in [2.24, 2.45) is 5.92 Å². The first-order valence-corrected chi connectivity index (χ1v) is 10.6. The van der Waals surface area contributed by atoms with Gasteiger partial charge in [-0.05, 0) is 62.2 Å². The van der Waals surface area contributed by atoms with E-state index in [1.165, 1.54) is 0 Å². The van der Waals surface area contributed by atoms with Gasteiger partial charge in [0.1, 0.15) is 11.8 Å². The van der Waals surface area contributed by atoms with E-state index < -0.39 is 6.04 Å². The van der Waals surface area contributed by atoms with Crippen LogP contribution in [0.2, 0.25) is 0 Å². The smallest absolute Gasteiger partial charge is 0.251 e. The molecule has 0 spiro atoms. The molecule has 1 heterocycles. The van der Waals surface area contributed by atoms with E-state index in [0.29, 0.717) is 24.5 Å². The Labute approximate surface area is 183 Å². The maximum atomic E-state index is 12.8. The van der Waals surface area contributed by atoms with E-state index in [2.05, 4.69) is 20.9 Å². The molecule has 1 atom stereocenters. The molecule has 2 rings (SSSR count). The van der Waals surface area contributed by atoms with Crippen molar-refractivity contribution in [3.63, 3.8) is 0 Å². The van der Waals surface area contributed by atoms with Gasteiger partial charge in [0.2, 0.25) is 5.91 Å². The zero-order chi connectivity index (χ0) is 21.9. The van der Waals surface area contributed by atoms with Crippen molar-refractivity contribution in [2.75, 3.05) is 47.0 Å². The van der Waals surface area contributed by atoms with E-state index in [1.807, 2.05) is 6.92 Å². The Morgan fingerprint density at radius 2 is 1.83 bits per heavy atom. The molecule has 1 saturated heterocycles. The number of carbonyl (C=O) groups is 2. The normalized spacial score (nSPS) is 15.2. The Hall–Kier alpha value is -2.39. The van der Waals surface area contributed by atoms with Gasteiger partial charge in [0.05, 0.1) is 13.7 Å². The highest BCUT2D eigenvalue weighted by molar-refractivity contribution is 7.80. The Bertz CT molecular complexity index is 705. The summed E-state index contributed by atoms with van der Waals surface area (Å²) in [6.07, 6.45) is 1.52. The van der Waals surface area contributed by atoms with Crippen LogP contribution >= 0.6 is 12.2 Å². The quantitative estimate of drug-likeness (QED) is 0.395. The molecule has 8 nitrogen and oxygen atoms in total. The fourth-order valence-corrected chi connectivity index (χ4v) is 3.78. The molecular formula is C21H32N4O4S. The van der Waals surface area contributed by atoms with E-state index in [9.17, 15) is 9.59 Å². The average Bonchev–Trinajstić information content (AvgIpc) is 2.77. The number of amides is 2. The summed E-state index contributed by atoms with van der Waals surface area (Å²) in [5, 5.41) is 9.70. The fourth-order valence-electron chi connectivity index (χ4n) is 3.45. The van der Waals surface area contributed by atoms with Crippen molar-refractivity contribution in [1.82, 2.24) is 20.9 Å². The number of nitrogens with zero attached hydrogens (tertiary/aromatic N) is 1. The van der Waals surface area contributed by atoms with Gasteiger partial charge >= 0.3 is 0 Å². The van der Waals surface area contributed by atoms with Crippen molar-refractivity contribution in [2.45, 2.75) is 25.8 Å². The first-order chi connectivity index (χ1) is 14.5. The van der Waals surface area contributed by atoms with E-state index in [0.717, 1.165) is 37.6 Å². The largest absolute Gasteiger partial charge is 0.497 e. The summed E-state index contributed by atoms with van der Waals surface area (Å²) in [6, 6.07) is 6.20. The van der Waals surface area contributed by atoms with Crippen LogP contribution in [0.1, 0.15) is 30.1 Å². The van der Waals surface area contributed by atoms with Gasteiger partial charge in [-0.1, -0.05) is 0 Å². The standard InChI is InChI=1S/C21H32N4O4S/c1-4-22-21(30)25-12-9-15(10-13-25)18(20(27)23-11-14-28-2)24-19(26)16-5-7-17(29-3)8-6-16/h5-8,15,18H,4,9-14H2,1-3H3,(H,22,30)(H,23,27)(H,24,26)/t18-/m0/s1. The molecule has 166 valence electrons. The van der Waals surface area contributed by atoms with Crippen molar-refractivity contribution in [3.05, 3.63) is 29.8 Å². The second-order valence-electron chi connectivity index (χ2n) is 7.12. The Kier molecular flexibility index (Phi) is 9.82. The van der Waals surface area contributed by atoms with Crippen molar-refractivity contribution in [3.8, 4) is 5.75 Å². The molecule has 1 aromatic carbocycles. The third-order valence-electron chi connectivity index (χ3n) is 5.15. The van der Waals surface area contributed by atoms with Crippen LogP contribution in [0.15, 0.2) is 24.3 Å². The lowest BCUT2D eigenvalue weighted by atomic mass is 9.88. The molecule has 0 radical (unpaired) electrons. The minimum absolute atomic E-state index is 0.0235. The summed E-state index contributed by atoms with van der Waals surface area (Å²) in [7, 11) is 3.15. The second-order valence-corrected chi connectivity index (χ2v) is 7.51. The summed E-state index contributed by atoms with van der Waals surface area (Å²) < 4.78 is 10.1. The number of benzene rings is 1. The third-order valence-corrected chi connectivity index (χ3v) is 5.56. The summed E-state index contributed by atoms with van der Waals surface area (Å²) in [4.78, 5) is 27.8. The lowest BCUT2D eigenvalue weighted by Gasteiger charge is -2.37. The molecule has 1 fully saturated rings. The molecule has 1 aliphatic rings. The van der Waals surface area contributed by atoms with Gasteiger partial charge in [-0.2, -0.15) is 0 Å². The topological polar surface area (TPSA) is 91.9 Å². The van der Waals surface area contributed by atoms with Crippen molar-refractivity contribution < 1.29 is 19.1 Å². The Morgan fingerprint density at radius 1 is 1.17 bits per heavy atom. The number of hydrogen-bond acceptors (Lipinski definition) is 5. The number of hydrogen-bond donors (Lipinski definition) is 3. The Balaban J connectivity index is 2.05. The van der Waals surface area contributed by atoms with Crippen LogP contribution in [0.25, 0.3) is 0 Å². The lowest BCUT2D eigenvalue weighted by Crippen LogP contribution is -2.54. The number of nitrogens with one attached hydrogen (secondary N) is 3. The summed E-state index contributed by atoms with van der Waals surface area (Å²) >= 11 is 5.40. The van der Waals surface area contributed by atoms with E-state index in [4.69, 9.17) is 21.7 Å². The number of ether oxygens (including phenoxy) is 2. The van der Waals surface area contributed by atoms with Gasteiger partial charge in [0.25, 0.3) is 5.91 Å². The molecule has 30 heavy (non-hydrogen) atoms. The molecule has 1 aliphatic heterocycles. The van der Waals surface area contributed by atoms with Gasteiger partial charge in [0, 0.05) is 38.9 Å². The average molecular weight is 437 g/mol. The van der Waals surface area contributed by atoms with Crippen LogP contribution in [0, 0.1) is 5.92 Å². The predicted octanol–water partition coefficient (Wildman–Crippen LogP) is 1.16. The number of piperidine rings is 1. The maximum absolute atomic E-state index is 12.8. The van der Waals surface area contributed by atoms with Crippen LogP contribution < -0.4 is 20.7 Å². The van der Waals surface area contributed by atoms with Crippen LogP contribution in [0.4, 0.5) is 0 Å². The number of likely N-dealkylation sites (tertiary alicyclic amines) is 1. The number of rotatable bonds is 9. The number of carbonyl (C=O) groups excluding carboxylic acids is 2. The van der Waals surface area contributed by atoms with Crippen LogP contribution in [0.3, 0.4) is 0 Å². The van der Waals surface area contributed by atoms with Crippen LogP contribution in [-0.4, -0.2) is 74.9 Å². The van der Waals surface area contributed by atoms with Crippen LogP contribution in [-0.2, 0) is 9.53 Å². The monoisotopic (exact) mass is 436 g/mol. The minimum atomic E-state index is -0.619.